The number of anilines is 1. The molecule has 2 aromatic rings. The van der Waals surface area contributed by atoms with Gasteiger partial charge in [0, 0.05) is 28.9 Å². The summed E-state index contributed by atoms with van der Waals surface area (Å²) in [6.45, 7) is 0.396. The molecular formula is C18H21BrN4O2. The lowest BCUT2D eigenvalue weighted by molar-refractivity contribution is -0.127. The molecule has 7 heteroatoms. The third-order valence-electron chi connectivity index (χ3n) is 5.21. The summed E-state index contributed by atoms with van der Waals surface area (Å²) in [5, 5.41) is 11.3. The van der Waals surface area contributed by atoms with Crippen LogP contribution in [0, 0.1) is 5.92 Å². The highest BCUT2D eigenvalue weighted by Crippen LogP contribution is 2.31. The van der Waals surface area contributed by atoms with Crippen LogP contribution < -0.4 is 10.2 Å². The maximum absolute atomic E-state index is 12.6. The van der Waals surface area contributed by atoms with Gasteiger partial charge in [-0.1, -0.05) is 35.2 Å². The first-order valence-corrected chi connectivity index (χ1v) is 9.65. The molecular weight excluding hydrogens is 384 g/mol. The van der Waals surface area contributed by atoms with Gasteiger partial charge in [-0.3, -0.25) is 19.6 Å². The van der Waals surface area contributed by atoms with Crippen LogP contribution in [-0.2, 0) is 9.59 Å². The average Bonchev–Trinajstić information content (AvgIpc) is 3.18. The minimum atomic E-state index is -0.295. The zero-order chi connectivity index (χ0) is 17.4. The number of fused-ring (bicyclic) bond motifs is 1. The molecule has 1 saturated heterocycles. The van der Waals surface area contributed by atoms with Crippen molar-refractivity contribution in [3.63, 3.8) is 0 Å². The first-order chi connectivity index (χ1) is 12.1. The molecule has 0 bridgehead atoms. The molecule has 1 aromatic heterocycles. The zero-order valence-corrected chi connectivity index (χ0v) is 15.5. The molecule has 1 atom stereocenters. The first-order valence-electron chi connectivity index (χ1n) is 8.86. The van der Waals surface area contributed by atoms with Crippen molar-refractivity contribution in [1.82, 2.24) is 15.5 Å². The van der Waals surface area contributed by atoms with Gasteiger partial charge in [-0.15, -0.1) is 0 Å². The molecule has 1 aliphatic carbocycles. The van der Waals surface area contributed by atoms with Crippen molar-refractivity contribution in [2.45, 2.75) is 44.6 Å². The van der Waals surface area contributed by atoms with E-state index in [9.17, 15) is 9.59 Å². The molecule has 4 rings (SSSR count). The maximum Gasteiger partial charge on any atom is 0.229 e. The van der Waals surface area contributed by atoms with Crippen molar-refractivity contribution in [2.75, 3.05) is 11.4 Å². The monoisotopic (exact) mass is 404 g/mol. The average molecular weight is 405 g/mol. The third kappa shape index (κ3) is 3.29. The number of hydrogen-bond acceptors (Lipinski definition) is 3. The van der Waals surface area contributed by atoms with E-state index in [0.29, 0.717) is 12.4 Å². The summed E-state index contributed by atoms with van der Waals surface area (Å²) in [5.74, 6) is 0.280. The van der Waals surface area contributed by atoms with Crippen LogP contribution in [0.4, 0.5) is 5.82 Å². The van der Waals surface area contributed by atoms with E-state index in [4.69, 9.17) is 0 Å². The van der Waals surface area contributed by atoms with E-state index in [0.717, 1.165) is 28.2 Å². The lowest BCUT2D eigenvalue weighted by Crippen LogP contribution is -2.40. The Morgan fingerprint density at radius 2 is 2.08 bits per heavy atom. The molecule has 1 aliphatic heterocycles. The van der Waals surface area contributed by atoms with Gasteiger partial charge in [0.15, 0.2) is 5.82 Å². The minimum absolute atomic E-state index is 0.00494. The van der Waals surface area contributed by atoms with E-state index in [1.165, 1.54) is 19.3 Å². The molecule has 6 nitrogen and oxygen atoms in total. The predicted molar refractivity (Wildman–Crippen MR) is 99.3 cm³/mol. The summed E-state index contributed by atoms with van der Waals surface area (Å²) in [7, 11) is 0. The molecule has 2 amide bonds. The number of amides is 2. The zero-order valence-electron chi connectivity index (χ0n) is 13.9. The van der Waals surface area contributed by atoms with Crippen molar-refractivity contribution in [3.8, 4) is 0 Å². The number of aromatic nitrogens is 2. The molecule has 0 unspecified atom stereocenters. The first kappa shape index (κ1) is 16.6. The lowest BCUT2D eigenvalue weighted by Gasteiger charge is -2.24. The number of carbonyl (C=O) groups is 2. The van der Waals surface area contributed by atoms with Gasteiger partial charge in [-0.2, -0.15) is 5.10 Å². The highest BCUT2D eigenvalue weighted by atomic mass is 79.9. The highest BCUT2D eigenvalue weighted by molar-refractivity contribution is 9.10. The van der Waals surface area contributed by atoms with Gasteiger partial charge >= 0.3 is 0 Å². The molecule has 1 saturated carbocycles. The van der Waals surface area contributed by atoms with E-state index in [1.54, 1.807) is 4.90 Å². The van der Waals surface area contributed by atoms with Crippen molar-refractivity contribution >= 4 is 44.5 Å². The van der Waals surface area contributed by atoms with Gasteiger partial charge in [0.05, 0.1) is 11.4 Å². The Labute approximate surface area is 154 Å². The second kappa shape index (κ2) is 6.78. The van der Waals surface area contributed by atoms with Crippen molar-refractivity contribution in [3.05, 3.63) is 22.7 Å². The van der Waals surface area contributed by atoms with Crippen LogP contribution in [0.1, 0.15) is 38.5 Å². The van der Waals surface area contributed by atoms with Gasteiger partial charge in [-0.25, -0.2) is 0 Å². The van der Waals surface area contributed by atoms with E-state index in [-0.39, 0.29) is 30.2 Å². The maximum atomic E-state index is 12.6. The topological polar surface area (TPSA) is 78.1 Å². The number of halogens is 1. The van der Waals surface area contributed by atoms with Crippen LogP contribution in [-0.4, -0.2) is 34.6 Å². The standard InChI is InChI=1S/C18H21BrN4O2/c19-12-6-7-14-15(9-12)21-22-17(14)23-10-11(8-16(23)24)18(25)20-13-4-2-1-3-5-13/h6-7,9,11,13H,1-5,8,10H2,(H,20,25)(H,21,22)/t11-/m0/s1. The van der Waals surface area contributed by atoms with Crippen molar-refractivity contribution in [2.24, 2.45) is 5.92 Å². The number of H-pyrrole nitrogens is 1. The van der Waals surface area contributed by atoms with Gasteiger partial charge in [0.25, 0.3) is 0 Å². The molecule has 132 valence electrons. The van der Waals surface area contributed by atoms with Crippen molar-refractivity contribution in [1.29, 1.82) is 0 Å². The minimum Gasteiger partial charge on any atom is -0.353 e. The highest BCUT2D eigenvalue weighted by Gasteiger charge is 2.37. The van der Waals surface area contributed by atoms with E-state index < -0.39 is 0 Å². The van der Waals surface area contributed by atoms with Crippen LogP contribution in [0.2, 0.25) is 0 Å². The number of hydrogen-bond donors (Lipinski definition) is 2. The SMILES string of the molecule is O=C(NC1CCCCC1)[C@H]1CC(=O)N(c2n[nH]c3cc(Br)ccc23)C1. The Hall–Kier alpha value is -1.89. The van der Waals surface area contributed by atoms with Crippen LogP contribution in [0.15, 0.2) is 22.7 Å². The Morgan fingerprint density at radius 3 is 2.88 bits per heavy atom. The number of nitrogens with one attached hydrogen (secondary N) is 2. The Kier molecular flexibility index (Phi) is 4.50. The number of benzene rings is 1. The summed E-state index contributed by atoms with van der Waals surface area (Å²) in [4.78, 5) is 26.7. The molecule has 0 spiro atoms. The summed E-state index contributed by atoms with van der Waals surface area (Å²) in [5.41, 5.74) is 0.868. The summed E-state index contributed by atoms with van der Waals surface area (Å²) in [6.07, 6.45) is 5.96. The van der Waals surface area contributed by atoms with Gasteiger partial charge in [0.1, 0.15) is 0 Å². The van der Waals surface area contributed by atoms with E-state index >= 15 is 0 Å². The Balaban J connectivity index is 1.48. The summed E-state index contributed by atoms with van der Waals surface area (Å²) in [6, 6.07) is 6.06. The number of carbonyl (C=O) groups excluding carboxylic acids is 2. The molecule has 2 aliphatic rings. The number of nitrogens with zero attached hydrogens (tertiary/aromatic N) is 2. The lowest BCUT2D eigenvalue weighted by atomic mass is 9.95. The van der Waals surface area contributed by atoms with Crippen LogP contribution >= 0.6 is 15.9 Å². The fourth-order valence-electron chi connectivity index (χ4n) is 3.84. The molecule has 0 radical (unpaired) electrons. The predicted octanol–water partition coefficient (Wildman–Crippen LogP) is 3.13. The Bertz CT molecular complexity index is 813. The molecule has 2 fully saturated rings. The summed E-state index contributed by atoms with van der Waals surface area (Å²) >= 11 is 3.43. The van der Waals surface area contributed by atoms with Gasteiger partial charge in [0.2, 0.25) is 11.8 Å². The van der Waals surface area contributed by atoms with Crippen LogP contribution in [0.5, 0.6) is 0 Å². The fourth-order valence-corrected chi connectivity index (χ4v) is 4.20. The summed E-state index contributed by atoms with van der Waals surface area (Å²) < 4.78 is 0.952. The van der Waals surface area contributed by atoms with Crippen molar-refractivity contribution < 1.29 is 9.59 Å². The van der Waals surface area contributed by atoms with E-state index in [2.05, 4.69) is 31.4 Å². The quantitative estimate of drug-likeness (QED) is 0.824. The van der Waals surface area contributed by atoms with Crippen LogP contribution in [0.3, 0.4) is 0 Å². The molecule has 2 N–H and O–H groups in total. The van der Waals surface area contributed by atoms with Crippen LogP contribution in [0.25, 0.3) is 10.9 Å². The molecule has 2 heterocycles. The fraction of sp³-hybridized carbons (Fsp3) is 0.500. The van der Waals surface area contributed by atoms with Gasteiger partial charge in [-0.05, 0) is 31.0 Å². The third-order valence-corrected chi connectivity index (χ3v) is 5.70. The van der Waals surface area contributed by atoms with Gasteiger partial charge < -0.3 is 5.32 Å². The second-order valence-electron chi connectivity index (χ2n) is 6.99. The Morgan fingerprint density at radius 1 is 1.28 bits per heavy atom. The second-order valence-corrected chi connectivity index (χ2v) is 7.90. The molecule has 25 heavy (non-hydrogen) atoms. The number of rotatable bonds is 3. The normalized spacial score (nSPS) is 21.9. The number of aromatic amines is 1. The smallest absolute Gasteiger partial charge is 0.229 e. The molecule has 1 aromatic carbocycles. The largest absolute Gasteiger partial charge is 0.353 e. The van der Waals surface area contributed by atoms with E-state index in [1.807, 2.05) is 18.2 Å².